The molecule has 1 fully saturated rings. The summed E-state index contributed by atoms with van der Waals surface area (Å²) in [5.41, 5.74) is 1.95. The van der Waals surface area contributed by atoms with Gasteiger partial charge in [-0.2, -0.15) is 0 Å². The molecule has 2 rings (SSSR count). The van der Waals surface area contributed by atoms with Gasteiger partial charge >= 0.3 is 5.97 Å². The van der Waals surface area contributed by atoms with Crippen LogP contribution in [-0.2, 0) is 9.59 Å². The molecule has 1 aliphatic rings. The van der Waals surface area contributed by atoms with Crippen molar-refractivity contribution in [1.82, 2.24) is 0 Å². The van der Waals surface area contributed by atoms with E-state index in [0.717, 1.165) is 23.2 Å². The van der Waals surface area contributed by atoms with E-state index in [4.69, 9.17) is 0 Å². The number of carbonyl (C=O) groups is 2. The first-order valence-corrected chi connectivity index (χ1v) is 6.54. The zero-order chi connectivity index (χ0) is 14.0. The fraction of sp³-hybridized carbons (Fsp3) is 0.467. The van der Waals surface area contributed by atoms with Crippen molar-refractivity contribution in [2.75, 3.05) is 5.32 Å². The quantitative estimate of drug-likeness (QED) is 0.875. The van der Waals surface area contributed by atoms with Crippen LogP contribution in [0.1, 0.15) is 36.8 Å². The van der Waals surface area contributed by atoms with E-state index in [2.05, 4.69) is 5.32 Å². The molecule has 0 radical (unpaired) electrons. The molecule has 1 amide bonds. The van der Waals surface area contributed by atoms with Crippen molar-refractivity contribution in [1.29, 1.82) is 0 Å². The van der Waals surface area contributed by atoms with E-state index >= 15 is 0 Å². The molecule has 102 valence electrons. The van der Waals surface area contributed by atoms with Crippen LogP contribution in [0.5, 0.6) is 0 Å². The van der Waals surface area contributed by atoms with Crippen LogP contribution >= 0.6 is 0 Å². The number of amides is 1. The van der Waals surface area contributed by atoms with Crippen LogP contribution in [-0.4, -0.2) is 17.0 Å². The SMILES string of the molecule is Cc1cccc(C)c1NC(=O)CC1(C(=O)O)CCC1. The van der Waals surface area contributed by atoms with E-state index < -0.39 is 11.4 Å². The minimum Gasteiger partial charge on any atom is -0.481 e. The number of hydrogen-bond donors (Lipinski definition) is 2. The Labute approximate surface area is 112 Å². The summed E-state index contributed by atoms with van der Waals surface area (Å²) in [6.45, 7) is 3.86. The average Bonchev–Trinajstić information content (AvgIpc) is 2.28. The summed E-state index contributed by atoms with van der Waals surface area (Å²) in [7, 11) is 0. The van der Waals surface area contributed by atoms with Gasteiger partial charge in [-0.15, -0.1) is 0 Å². The molecular formula is C15H19NO3. The van der Waals surface area contributed by atoms with Gasteiger partial charge < -0.3 is 10.4 Å². The van der Waals surface area contributed by atoms with Crippen molar-refractivity contribution < 1.29 is 14.7 Å². The second-order valence-corrected chi connectivity index (χ2v) is 5.43. The Balaban J connectivity index is 2.08. The fourth-order valence-corrected chi connectivity index (χ4v) is 2.57. The minimum absolute atomic E-state index is 0.0656. The molecule has 1 aliphatic carbocycles. The van der Waals surface area contributed by atoms with Gasteiger partial charge in [0.05, 0.1) is 5.41 Å². The monoisotopic (exact) mass is 261 g/mol. The van der Waals surface area contributed by atoms with Crippen LogP contribution in [0, 0.1) is 19.3 Å². The lowest BCUT2D eigenvalue weighted by Crippen LogP contribution is -2.41. The number of carboxylic acid groups (broad SMARTS) is 1. The van der Waals surface area contributed by atoms with E-state index in [1.165, 1.54) is 0 Å². The van der Waals surface area contributed by atoms with Crippen LogP contribution < -0.4 is 5.32 Å². The molecule has 19 heavy (non-hydrogen) atoms. The molecule has 1 saturated carbocycles. The van der Waals surface area contributed by atoms with Crippen LogP contribution in [0.15, 0.2) is 18.2 Å². The maximum absolute atomic E-state index is 12.1. The highest BCUT2D eigenvalue weighted by Gasteiger charge is 2.45. The maximum atomic E-state index is 12.1. The van der Waals surface area contributed by atoms with Gasteiger partial charge in [-0.1, -0.05) is 24.6 Å². The van der Waals surface area contributed by atoms with Gasteiger partial charge in [0.2, 0.25) is 5.91 Å². The molecule has 4 nitrogen and oxygen atoms in total. The standard InChI is InChI=1S/C15H19NO3/c1-10-5-3-6-11(2)13(10)16-12(17)9-15(14(18)19)7-4-8-15/h3,5-6H,4,7-9H2,1-2H3,(H,16,17)(H,18,19). The van der Waals surface area contributed by atoms with Crippen molar-refractivity contribution in [3.63, 3.8) is 0 Å². The average molecular weight is 261 g/mol. The van der Waals surface area contributed by atoms with Crippen LogP contribution in [0.2, 0.25) is 0 Å². The fourth-order valence-electron chi connectivity index (χ4n) is 2.57. The molecule has 0 atom stereocenters. The lowest BCUT2D eigenvalue weighted by atomic mass is 9.66. The molecule has 0 saturated heterocycles. The smallest absolute Gasteiger partial charge is 0.310 e. The lowest BCUT2D eigenvalue weighted by molar-refractivity contribution is -0.157. The molecule has 0 aromatic heterocycles. The van der Waals surface area contributed by atoms with Gasteiger partial charge in [0.25, 0.3) is 0 Å². The highest BCUT2D eigenvalue weighted by atomic mass is 16.4. The molecule has 1 aromatic carbocycles. The highest BCUT2D eigenvalue weighted by molar-refractivity contribution is 5.95. The third-order valence-electron chi connectivity index (χ3n) is 4.01. The van der Waals surface area contributed by atoms with Crippen LogP contribution in [0.3, 0.4) is 0 Å². The zero-order valence-corrected chi connectivity index (χ0v) is 11.3. The first-order valence-electron chi connectivity index (χ1n) is 6.54. The van der Waals surface area contributed by atoms with E-state index in [1.807, 2.05) is 32.0 Å². The second kappa shape index (κ2) is 5.03. The number of nitrogens with one attached hydrogen (secondary N) is 1. The molecule has 0 aliphatic heterocycles. The number of para-hydroxylation sites is 1. The Morgan fingerprint density at radius 3 is 2.26 bits per heavy atom. The Kier molecular flexibility index (Phi) is 3.60. The largest absolute Gasteiger partial charge is 0.481 e. The van der Waals surface area contributed by atoms with E-state index in [0.29, 0.717) is 12.8 Å². The van der Waals surface area contributed by atoms with Gasteiger partial charge in [-0.05, 0) is 37.8 Å². The van der Waals surface area contributed by atoms with Gasteiger partial charge in [0.1, 0.15) is 0 Å². The Bertz CT molecular complexity index is 498. The number of aryl methyl sites for hydroxylation is 2. The minimum atomic E-state index is -0.851. The summed E-state index contributed by atoms with van der Waals surface area (Å²) < 4.78 is 0. The van der Waals surface area contributed by atoms with E-state index in [9.17, 15) is 14.7 Å². The van der Waals surface area contributed by atoms with Crippen LogP contribution in [0.4, 0.5) is 5.69 Å². The molecule has 4 heteroatoms. The number of anilines is 1. The predicted molar refractivity (Wildman–Crippen MR) is 73.1 cm³/mol. The molecule has 0 spiro atoms. The number of benzene rings is 1. The first kappa shape index (κ1) is 13.6. The highest BCUT2D eigenvalue weighted by Crippen LogP contribution is 2.44. The van der Waals surface area contributed by atoms with Gasteiger partial charge in [0, 0.05) is 12.1 Å². The lowest BCUT2D eigenvalue weighted by Gasteiger charge is -2.37. The topological polar surface area (TPSA) is 66.4 Å². The van der Waals surface area contributed by atoms with Gasteiger partial charge in [-0.25, -0.2) is 0 Å². The number of aliphatic carboxylic acids is 1. The Hall–Kier alpha value is -1.84. The first-order chi connectivity index (χ1) is 8.94. The van der Waals surface area contributed by atoms with E-state index in [1.54, 1.807) is 0 Å². The molecule has 2 N–H and O–H groups in total. The Morgan fingerprint density at radius 2 is 1.84 bits per heavy atom. The van der Waals surface area contributed by atoms with Gasteiger partial charge in [0.15, 0.2) is 0 Å². The van der Waals surface area contributed by atoms with Crippen molar-refractivity contribution in [2.45, 2.75) is 39.5 Å². The van der Waals surface area contributed by atoms with Crippen molar-refractivity contribution in [3.05, 3.63) is 29.3 Å². The third kappa shape index (κ3) is 2.62. The number of rotatable bonds is 4. The number of carboxylic acids is 1. The third-order valence-corrected chi connectivity index (χ3v) is 4.01. The molecule has 0 heterocycles. The molecule has 0 bridgehead atoms. The maximum Gasteiger partial charge on any atom is 0.310 e. The Morgan fingerprint density at radius 1 is 1.26 bits per heavy atom. The summed E-state index contributed by atoms with van der Waals surface area (Å²) >= 11 is 0. The predicted octanol–water partition coefficient (Wildman–Crippen LogP) is 2.89. The normalized spacial score (nSPS) is 16.5. The number of carbonyl (C=O) groups excluding carboxylic acids is 1. The zero-order valence-electron chi connectivity index (χ0n) is 11.3. The summed E-state index contributed by atoms with van der Waals surface area (Å²) in [5.74, 6) is -1.06. The summed E-state index contributed by atoms with van der Waals surface area (Å²) in [6.07, 6.45) is 2.16. The summed E-state index contributed by atoms with van der Waals surface area (Å²) in [4.78, 5) is 23.3. The summed E-state index contributed by atoms with van der Waals surface area (Å²) in [6, 6.07) is 5.79. The van der Waals surface area contributed by atoms with Crippen molar-refractivity contribution in [3.8, 4) is 0 Å². The van der Waals surface area contributed by atoms with Crippen LogP contribution in [0.25, 0.3) is 0 Å². The molecular weight excluding hydrogens is 242 g/mol. The van der Waals surface area contributed by atoms with E-state index in [-0.39, 0.29) is 12.3 Å². The van der Waals surface area contributed by atoms with Gasteiger partial charge in [-0.3, -0.25) is 9.59 Å². The van der Waals surface area contributed by atoms with Crippen molar-refractivity contribution >= 4 is 17.6 Å². The number of hydrogen-bond acceptors (Lipinski definition) is 2. The molecule has 0 unspecified atom stereocenters. The summed E-state index contributed by atoms with van der Waals surface area (Å²) in [5, 5.41) is 12.1. The second-order valence-electron chi connectivity index (χ2n) is 5.43. The van der Waals surface area contributed by atoms with Crippen molar-refractivity contribution in [2.24, 2.45) is 5.41 Å². The molecule has 1 aromatic rings.